The standard InChI is InChI=1S/C13H27N3O4/c1-4-13(5-2,11(14)16-18)12(17)15-7-6-8-20-10-9-19-3/h18H,4-10H2,1-3H3,(H2,14,16)(H,15,17). The molecule has 0 saturated carbocycles. The minimum atomic E-state index is -0.939. The number of amides is 1. The lowest BCUT2D eigenvalue weighted by Crippen LogP contribution is -2.49. The highest BCUT2D eigenvalue weighted by atomic mass is 16.5. The van der Waals surface area contributed by atoms with Gasteiger partial charge in [0.1, 0.15) is 5.41 Å². The fourth-order valence-corrected chi connectivity index (χ4v) is 1.94. The predicted molar refractivity (Wildman–Crippen MR) is 76.7 cm³/mol. The molecule has 7 nitrogen and oxygen atoms in total. The van der Waals surface area contributed by atoms with E-state index in [2.05, 4.69) is 10.5 Å². The van der Waals surface area contributed by atoms with E-state index in [0.29, 0.717) is 45.6 Å². The van der Waals surface area contributed by atoms with Crippen LogP contribution in [0.1, 0.15) is 33.1 Å². The number of nitrogens with two attached hydrogens (primary N) is 1. The number of hydrogen-bond donors (Lipinski definition) is 3. The Morgan fingerprint density at radius 3 is 2.45 bits per heavy atom. The summed E-state index contributed by atoms with van der Waals surface area (Å²) < 4.78 is 10.2. The van der Waals surface area contributed by atoms with Gasteiger partial charge in [-0.2, -0.15) is 0 Å². The number of oxime groups is 1. The average molecular weight is 289 g/mol. The van der Waals surface area contributed by atoms with Crippen molar-refractivity contribution in [3.05, 3.63) is 0 Å². The molecule has 0 bridgehead atoms. The van der Waals surface area contributed by atoms with Gasteiger partial charge in [0.25, 0.3) is 0 Å². The predicted octanol–water partition coefficient (Wildman–Crippen LogP) is 0.709. The smallest absolute Gasteiger partial charge is 0.233 e. The summed E-state index contributed by atoms with van der Waals surface area (Å²) >= 11 is 0. The van der Waals surface area contributed by atoms with E-state index in [1.807, 2.05) is 13.8 Å². The number of hydrogen-bond acceptors (Lipinski definition) is 5. The van der Waals surface area contributed by atoms with Gasteiger partial charge in [0, 0.05) is 20.3 Å². The molecule has 0 unspecified atom stereocenters. The Labute approximate surface area is 120 Å². The van der Waals surface area contributed by atoms with Crippen LogP contribution < -0.4 is 11.1 Å². The fourth-order valence-electron chi connectivity index (χ4n) is 1.94. The van der Waals surface area contributed by atoms with Crippen LogP contribution in [0, 0.1) is 5.41 Å². The van der Waals surface area contributed by atoms with Gasteiger partial charge in [-0.3, -0.25) is 4.79 Å². The van der Waals surface area contributed by atoms with E-state index in [-0.39, 0.29) is 11.7 Å². The van der Waals surface area contributed by atoms with Crippen molar-refractivity contribution >= 4 is 11.7 Å². The molecule has 0 fully saturated rings. The Balaban J connectivity index is 4.16. The van der Waals surface area contributed by atoms with Crippen molar-refractivity contribution in [1.29, 1.82) is 0 Å². The average Bonchev–Trinajstić information content (AvgIpc) is 2.47. The quantitative estimate of drug-likeness (QED) is 0.171. The summed E-state index contributed by atoms with van der Waals surface area (Å²) in [5, 5.41) is 14.6. The van der Waals surface area contributed by atoms with Gasteiger partial charge in [-0.25, -0.2) is 0 Å². The normalized spacial score (nSPS) is 12.4. The van der Waals surface area contributed by atoms with Crippen molar-refractivity contribution in [2.45, 2.75) is 33.1 Å². The summed E-state index contributed by atoms with van der Waals surface area (Å²) in [6.07, 6.45) is 1.67. The van der Waals surface area contributed by atoms with Gasteiger partial charge in [0.15, 0.2) is 5.84 Å². The summed E-state index contributed by atoms with van der Waals surface area (Å²) in [6, 6.07) is 0. The Kier molecular flexibility index (Phi) is 9.75. The van der Waals surface area contributed by atoms with Crippen molar-refractivity contribution in [2.24, 2.45) is 16.3 Å². The maximum absolute atomic E-state index is 12.2. The van der Waals surface area contributed by atoms with Gasteiger partial charge in [-0.05, 0) is 19.3 Å². The summed E-state index contributed by atoms with van der Waals surface area (Å²) in [4.78, 5) is 12.2. The molecule has 118 valence electrons. The molecular formula is C13H27N3O4. The summed E-state index contributed by atoms with van der Waals surface area (Å²) in [6.45, 7) is 5.84. The first-order valence-electron chi connectivity index (χ1n) is 6.92. The minimum absolute atomic E-state index is 0.0451. The molecule has 0 heterocycles. The van der Waals surface area contributed by atoms with Crippen LogP contribution in [-0.4, -0.2) is 50.4 Å². The second kappa shape index (κ2) is 10.4. The molecule has 0 aromatic heterocycles. The lowest BCUT2D eigenvalue weighted by Gasteiger charge is -2.28. The van der Waals surface area contributed by atoms with E-state index in [4.69, 9.17) is 20.4 Å². The van der Waals surface area contributed by atoms with Gasteiger partial charge >= 0.3 is 0 Å². The zero-order valence-electron chi connectivity index (χ0n) is 12.6. The van der Waals surface area contributed by atoms with Crippen LogP contribution in [0.5, 0.6) is 0 Å². The molecule has 0 radical (unpaired) electrons. The molecular weight excluding hydrogens is 262 g/mol. The molecule has 7 heteroatoms. The van der Waals surface area contributed by atoms with E-state index in [9.17, 15) is 4.79 Å². The van der Waals surface area contributed by atoms with E-state index in [0.717, 1.165) is 0 Å². The topological polar surface area (TPSA) is 106 Å². The molecule has 1 amide bonds. The number of nitrogens with zero attached hydrogens (tertiary/aromatic N) is 1. The second-order valence-electron chi connectivity index (χ2n) is 4.49. The molecule has 0 aliphatic heterocycles. The van der Waals surface area contributed by atoms with Crippen LogP contribution in [0.15, 0.2) is 5.16 Å². The molecule has 0 atom stereocenters. The third-order valence-corrected chi connectivity index (χ3v) is 3.42. The number of methoxy groups -OCH3 is 1. The monoisotopic (exact) mass is 289 g/mol. The molecule has 20 heavy (non-hydrogen) atoms. The largest absolute Gasteiger partial charge is 0.409 e. The number of rotatable bonds is 11. The van der Waals surface area contributed by atoms with Crippen molar-refractivity contribution < 1.29 is 19.5 Å². The molecule has 0 aromatic rings. The number of amidine groups is 1. The van der Waals surface area contributed by atoms with Crippen LogP contribution in [0.4, 0.5) is 0 Å². The number of carbonyl (C=O) groups excluding carboxylic acids is 1. The first-order valence-corrected chi connectivity index (χ1v) is 6.92. The molecule has 0 aliphatic rings. The maximum atomic E-state index is 12.2. The van der Waals surface area contributed by atoms with E-state index >= 15 is 0 Å². The third-order valence-electron chi connectivity index (χ3n) is 3.42. The summed E-state index contributed by atoms with van der Waals surface area (Å²) in [5.41, 5.74) is 4.72. The van der Waals surface area contributed by atoms with Crippen molar-refractivity contribution in [1.82, 2.24) is 5.32 Å². The molecule has 0 aliphatic carbocycles. The first-order chi connectivity index (χ1) is 9.58. The van der Waals surface area contributed by atoms with E-state index in [1.165, 1.54) is 0 Å². The summed E-state index contributed by atoms with van der Waals surface area (Å²) in [7, 11) is 1.62. The van der Waals surface area contributed by atoms with Crippen molar-refractivity contribution in [2.75, 3.05) is 33.5 Å². The van der Waals surface area contributed by atoms with Gasteiger partial charge in [0.2, 0.25) is 5.91 Å². The molecule has 0 spiro atoms. The van der Waals surface area contributed by atoms with Crippen LogP contribution >= 0.6 is 0 Å². The molecule has 4 N–H and O–H groups in total. The minimum Gasteiger partial charge on any atom is -0.409 e. The van der Waals surface area contributed by atoms with Crippen molar-refractivity contribution in [3.63, 3.8) is 0 Å². The molecule has 0 saturated heterocycles. The zero-order chi connectivity index (χ0) is 15.4. The zero-order valence-corrected chi connectivity index (χ0v) is 12.6. The van der Waals surface area contributed by atoms with E-state index in [1.54, 1.807) is 7.11 Å². The highest BCUT2D eigenvalue weighted by Crippen LogP contribution is 2.26. The maximum Gasteiger partial charge on any atom is 0.233 e. The number of carbonyl (C=O) groups is 1. The van der Waals surface area contributed by atoms with Gasteiger partial charge < -0.3 is 25.7 Å². The van der Waals surface area contributed by atoms with Gasteiger partial charge in [0.05, 0.1) is 13.2 Å². The first kappa shape index (κ1) is 18.7. The van der Waals surface area contributed by atoms with Crippen LogP contribution in [-0.2, 0) is 14.3 Å². The lowest BCUT2D eigenvalue weighted by atomic mass is 9.80. The number of nitrogens with one attached hydrogen (secondary N) is 1. The van der Waals surface area contributed by atoms with Crippen LogP contribution in [0.3, 0.4) is 0 Å². The second-order valence-corrected chi connectivity index (χ2v) is 4.49. The summed E-state index contributed by atoms with van der Waals surface area (Å²) in [5.74, 6) is -0.258. The lowest BCUT2D eigenvalue weighted by molar-refractivity contribution is -0.128. The third kappa shape index (κ3) is 5.34. The highest BCUT2D eigenvalue weighted by molar-refractivity contribution is 6.06. The Morgan fingerprint density at radius 2 is 1.95 bits per heavy atom. The van der Waals surface area contributed by atoms with Gasteiger partial charge in [-0.15, -0.1) is 0 Å². The van der Waals surface area contributed by atoms with E-state index < -0.39 is 5.41 Å². The Morgan fingerprint density at radius 1 is 1.30 bits per heavy atom. The molecule has 0 aromatic carbocycles. The van der Waals surface area contributed by atoms with Crippen LogP contribution in [0.2, 0.25) is 0 Å². The SMILES string of the molecule is CCC(CC)(C(=O)NCCCOCCOC)C(N)=NO. The number of ether oxygens (including phenoxy) is 2. The molecule has 0 rings (SSSR count). The van der Waals surface area contributed by atoms with Gasteiger partial charge in [-0.1, -0.05) is 19.0 Å². The van der Waals surface area contributed by atoms with Crippen molar-refractivity contribution in [3.8, 4) is 0 Å². The Hall–Kier alpha value is -1.34. The Bertz CT molecular complexity index is 304. The highest BCUT2D eigenvalue weighted by Gasteiger charge is 2.39. The van der Waals surface area contributed by atoms with Crippen LogP contribution in [0.25, 0.3) is 0 Å². The fraction of sp³-hybridized carbons (Fsp3) is 0.846.